The standard InChI is InChI=1S/C28H25F6N5O2/c1-15-13-38(9-8-37(15)14-18-10-19(29)11-22(30)23(18)31)27(40)21-12-35-39-25(28(32,33)34)16(2)24(36-26(21)39)17-4-6-20(41-3)7-5-17/h4-7,10-12,15H,8-9,13-14H2,1-3H3/t15-/m1/s1. The van der Waals surface area contributed by atoms with Gasteiger partial charge in [0.25, 0.3) is 5.91 Å². The summed E-state index contributed by atoms with van der Waals surface area (Å²) in [6, 6.07) is 7.40. The number of methoxy groups -OCH3 is 1. The van der Waals surface area contributed by atoms with Crippen molar-refractivity contribution in [1.82, 2.24) is 24.4 Å². The van der Waals surface area contributed by atoms with Gasteiger partial charge in [0.05, 0.1) is 19.0 Å². The zero-order chi connectivity index (χ0) is 29.6. The molecule has 7 nitrogen and oxygen atoms in total. The lowest BCUT2D eigenvalue weighted by Crippen LogP contribution is -2.53. The minimum Gasteiger partial charge on any atom is -0.497 e. The Labute approximate surface area is 231 Å². The summed E-state index contributed by atoms with van der Waals surface area (Å²) >= 11 is 0. The first kappa shape index (κ1) is 28.4. The Morgan fingerprint density at radius 2 is 1.80 bits per heavy atom. The molecule has 0 spiro atoms. The number of halogens is 6. The predicted molar refractivity (Wildman–Crippen MR) is 137 cm³/mol. The summed E-state index contributed by atoms with van der Waals surface area (Å²) in [6.45, 7) is 3.49. The normalized spacial score (nSPS) is 16.4. The molecule has 2 aromatic carbocycles. The fourth-order valence-electron chi connectivity index (χ4n) is 5.12. The first-order chi connectivity index (χ1) is 19.4. The highest BCUT2D eigenvalue weighted by Crippen LogP contribution is 2.37. The molecule has 4 aromatic rings. The maximum atomic E-state index is 14.2. The molecule has 1 aliphatic rings. The Bertz CT molecular complexity index is 1620. The van der Waals surface area contributed by atoms with Crippen LogP contribution in [-0.4, -0.2) is 63.1 Å². The summed E-state index contributed by atoms with van der Waals surface area (Å²) in [7, 11) is 1.47. The largest absolute Gasteiger partial charge is 0.497 e. The lowest BCUT2D eigenvalue weighted by molar-refractivity contribution is -0.143. The van der Waals surface area contributed by atoms with Crippen molar-refractivity contribution in [2.45, 2.75) is 32.6 Å². The number of carbonyl (C=O) groups excluding carboxylic acids is 1. The number of fused-ring (bicyclic) bond motifs is 1. The molecule has 0 aliphatic carbocycles. The van der Waals surface area contributed by atoms with E-state index in [4.69, 9.17) is 4.74 Å². The van der Waals surface area contributed by atoms with Gasteiger partial charge >= 0.3 is 6.18 Å². The Morgan fingerprint density at radius 1 is 1.10 bits per heavy atom. The third-order valence-electron chi connectivity index (χ3n) is 7.24. The van der Waals surface area contributed by atoms with Crippen LogP contribution in [0.5, 0.6) is 5.75 Å². The molecule has 1 atom stereocenters. The quantitative estimate of drug-likeness (QED) is 0.232. The molecule has 0 unspecified atom stereocenters. The molecule has 0 saturated carbocycles. The van der Waals surface area contributed by atoms with Crippen molar-refractivity contribution >= 4 is 11.6 Å². The van der Waals surface area contributed by atoms with E-state index in [1.807, 2.05) is 0 Å². The van der Waals surface area contributed by atoms with Gasteiger partial charge in [0.15, 0.2) is 23.0 Å². The first-order valence-electron chi connectivity index (χ1n) is 12.7. The van der Waals surface area contributed by atoms with Crippen LogP contribution in [0.2, 0.25) is 0 Å². The highest BCUT2D eigenvalue weighted by atomic mass is 19.4. The zero-order valence-corrected chi connectivity index (χ0v) is 22.3. The van der Waals surface area contributed by atoms with Gasteiger partial charge in [0.2, 0.25) is 0 Å². The molecule has 1 aliphatic heterocycles. The summed E-state index contributed by atoms with van der Waals surface area (Å²) in [5.41, 5.74) is -1.25. The second-order valence-corrected chi connectivity index (χ2v) is 9.89. The molecule has 5 rings (SSSR count). The smallest absolute Gasteiger partial charge is 0.433 e. The van der Waals surface area contributed by atoms with E-state index in [1.165, 1.54) is 18.9 Å². The van der Waals surface area contributed by atoms with E-state index < -0.39 is 35.2 Å². The van der Waals surface area contributed by atoms with Crippen LogP contribution >= 0.6 is 0 Å². The average molecular weight is 578 g/mol. The summed E-state index contributed by atoms with van der Waals surface area (Å²) in [6.07, 6.45) is -3.72. The highest BCUT2D eigenvalue weighted by Gasteiger charge is 2.39. The Hall–Kier alpha value is -4.13. The van der Waals surface area contributed by atoms with Crippen LogP contribution in [0.25, 0.3) is 16.9 Å². The fourth-order valence-corrected chi connectivity index (χ4v) is 5.12. The number of hydrogen-bond donors (Lipinski definition) is 0. The fraction of sp³-hybridized carbons (Fsp3) is 0.321. The van der Waals surface area contributed by atoms with Gasteiger partial charge in [-0.25, -0.2) is 22.7 Å². The third-order valence-corrected chi connectivity index (χ3v) is 7.24. The van der Waals surface area contributed by atoms with Crippen molar-refractivity contribution in [3.05, 3.63) is 82.4 Å². The number of ether oxygens (including phenoxy) is 1. The van der Waals surface area contributed by atoms with E-state index in [0.717, 1.165) is 12.3 Å². The van der Waals surface area contributed by atoms with E-state index in [2.05, 4.69) is 10.1 Å². The van der Waals surface area contributed by atoms with E-state index >= 15 is 0 Å². The summed E-state index contributed by atoms with van der Waals surface area (Å²) in [4.78, 5) is 21.2. The van der Waals surface area contributed by atoms with Gasteiger partial charge in [0, 0.05) is 55.0 Å². The number of carbonyl (C=O) groups is 1. The maximum absolute atomic E-state index is 14.2. The van der Waals surface area contributed by atoms with Gasteiger partial charge < -0.3 is 9.64 Å². The van der Waals surface area contributed by atoms with Crippen molar-refractivity contribution in [3.8, 4) is 17.0 Å². The number of nitrogens with zero attached hydrogens (tertiary/aromatic N) is 5. The second kappa shape index (κ2) is 10.7. The molecule has 216 valence electrons. The second-order valence-electron chi connectivity index (χ2n) is 9.89. The van der Waals surface area contributed by atoms with E-state index in [1.54, 1.807) is 36.1 Å². The molecule has 0 N–H and O–H groups in total. The molecule has 0 bridgehead atoms. The van der Waals surface area contributed by atoms with Crippen molar-refractivity contribution in [2.75, 3.05) is 26.7 Å². The topological polar surface area (TPSA) is 63.0 Å². The van der Waals surface area contributed by atoms with E-state index in [9.17, 15) is 31.1 Å². The van der Waals surface area contributed by atoms with Crippen LogP contribution in [0.4, 0.5) is 26.3 Å². The van der Waals surface area contributed by atoms with Crippen molar-refractivity contribution in [3.63, 3.8) is 0 Å². The van der Waals surface area contributed by atoms with Crippen LogP contribution in [0, 0.1) is 24.4 Å². The Morgan fingerprint density at radius 3 is 2.44 bits per heavy atom. The summed E-state index contributed by atoms with van der Waals surface area (Å²) in [5, 5.41) is 3.88. The van der Waals surface area contributed by atoms with Gasteiger partial charge in [0.1, 0.15) is 17.1 Å². The van der Waals surface area contributed by atoms with Gasteiger partial charge in [-0.05, 0) is 44.2 Å². The molecule has 1 amide bonds. The van der Waals surface area contributed by atoms with E-state index in [-0.39, 0.29) is 60.3 Å². The van der Waals surface area contributed by atoms with Gasteiger partial charge in [-0.3, -0.25) is 9.69 Å². The van der Waals surface area contributed by atoms with Gasteiger partial charge in [-0.1, -0.05) is 0 Å². The zero-order valence-electron chi connectivity index (χ0n) is 22.3. The lowest BCUT2D eigenvalue weighted by Gasteiger charge is -2.39. The third kappa shape index (κ3) is 5.33. The number of alkyl halides is 3. The van der Waals surface area contributed by atoms with Crippen LogP contribution < -0.4 is 4.74 Å². The Balaban J connectivity index is 1.46. The number of amides is 1. The predicted octanol–water partition coefficient (Wildman–Crippen LogP) is 5.50. The van der Waals surface area contributed by atoms with Crippen molar-refractivity contribution in [2.24, 2.45) is 0 Å². The molecule has 1 saturated heterocycles. The number of hydrogen-bond acceptors (Lipinski definition) is 5. The Kier molecular flexibility index (Phi) is 7.41. The van der Waals surface area contributed by atoms with Crippen LogP contribution in [0.3, 0.4) is 0 Å². The molecule has 0 radical (unpaired) electrons. The minimum absolute atomic E-state index is 0.0459. The molecule has 41 heavy (non-hydrogen) atoms. The monoisotopic (exact) mass is 577 g/mol. The van der Waals surface area contributed by atoms with Gasteiger partial charge in [-0.15, -0.1) is 0 Å². The highest BCUT2D eigenvalue weighted by molar-refractivity contribution is 6.00. The number of benzene rings is 2. The van der Waals surface area contributed by atoms with Crippen molar-refractivity contribution < 1.29 is 35.9 Å². The van der Waals surface area contributed by atoms with Crippen LogP contribution in [0.1, 0.15) is 34.1 Å². The first-order valence-corrected chi connectivity index (χ1v) is 12.7. The number of aromatic nitrogens is 3. The van der Waals surface area contributed by atoms with Gasteiger partial charge in [-0.2, -0.15) is 18.3 Å². The van der Waals surface area contributed by atoms with E-state index in [0.29, 0.717) is 21.9 Å². The average Bonchev–Trinajstić information content (AvgIpc) is 3.34. The van der Waals surface area contributed by atoms with Crippen LogP contribution in [-0.2, 0) is 12.7 Å². The molecule has 3 heterocycles. The number of piperazine rings is 1. The lowest BCUT2D eigenvalue weighted by atomic mass is 10.0. The van der Waals surface area contributed by atoms with Crippen molar-refractivity contribution in [1.29, 1.82) is 0 Å². The number of rotatable bonds is 5. The molecular formula is C28H25F6N5O2. The summed E-state index contributed by atoms with van der Waals surface area (Å²) < 4.78 is 90.0. The molecule has 2 aromatic heterocycles. The van der Waals surface area contributed by atoms with Crippen LogP contribution in [0.15, 0.2) is 42.6 Å². The minimum atomic E-state index is -4.79. The molecule has 1 fully saturated rings. The molecule has 13 heteroatoms. The molecular weight excluding hydrogens is 552 g/mol. The maximum Gasteiger partial charge on any atom is 0.433 e. The summed E-state index contributed by atoms with van der Waals surface area (Å²) in [5.74, 6) is -3.38. The SMILES string of the molecule is COc1ccc(-c2nc3c(C(=O)N4CCN(Cc5cc(F)cc(F)c5F)[C@H](C)C4)cnn3c(C(F)(F)F)c2C)cc1.